The summed E-state index contributed by atoms with van der Waals surface area (Å²) in [5.41, 5.74) is 1.26. The highest BCUT2D eigenvalue weighted by molar-refractivity contribution is 5.43. The van der Waals surface area contributed by atoms with Crippen LogP contribution >= 0.6 is 0 Å². The fourth-order valence-electron chi connectivity index (χ4n) is 2.71. The summed E-state index contributed by atoms with van der Waals surface area (Å²) in [5.74, 6) is 1.53. The summed E-state index contributed by atoms with van der Waals surface area (Å²) in [6.07, 6.45) is 2.53. The monoisotopic (exact) mass is 232 g/mol. The van der Waals surface area contributed by atoms with Crippen molar-refractivity contribution in [3.63, 3.8) is 0 Å². The van der Waals surface area contributed by atoms with Crippen LogP contribution in [-0.4, -0.2) is 19.1 Å². The number of anilines is 1. The van der Waals surface area contributed by atoms with Crippen molar-refractivity contribution in [3.05, 3.63) is 30.3 Å². The van der Waals surface area contributed by atoms with E-state index in [4.69, 9.17) is 0 Å². The summed E-state index contributed by atoms with van der Waals surface area (Å²) < 4.78 is 0. The van der Waals surface area contributed by atoms with Crippen LogP contribution in [0.2, 0.25) is 0 Å². The number of rotatable bonds is 4. The second-order valence-electron chi connectivity index (χ2n) is 5.50. The second kappa shape index (κ2) is 6.06. The zero-order valence-electron chi connectivity index (χ0n) is 10.9. The van der Waals surface area contributed by atoms with Gasteiger partial charge in [-0.15, -0.1) is 0 Å². The molecule has 2 atom stereocenters. The van der Waals surface area contributed by atoms with E-state index in [0.717, 1.165) is 24.9 Å². The van der Waals surface area contributed by atoms with Crippen LogP contribution < -0.4 is 10.6 Å². The van der Waals surface area contributed by atoms with Crippen LogP contribution in [0.1, 0.15) is 26.7 Å². The summed E-state index contributed by atoms with van der Waals surface area (Å²) in [7, 11) is 0. The molecule has 0 amide bonds. The van der Waals surface area contributed by atoms with Gasteiger partial charge in [-0.2, -0.15) is 0 Å². The summed E-state index contributed by atoms with van der Waals surface area (Å²) in [5, 5.41) is 7.21. The van der Waals surface area contributed by atoms with Gasteiger partial charge in [-0.05, 0) is 49.9 Å². The fraction of sp³-hybridized carbons (Fsp3) is 0.600. The standard InChI is InChI=1S/C15H24N2/c1-12(2)10-13-11-16-9-8-15(13)17-14-6-4-3-5-7-14/h3-7,12-13,15-17H,8-11H2,1-2H3/t13-,15+/m1/s1. The number of para-hydroxylation sites is 1. The van der Waals surface area contributed by atoms with Gasteiger partial charge in [0.1, 0.15) is 0 Å². The third-order valence-electron chi connectivity index (χ3n) is 3.51. The van der Waals surface area contributed by atoms with Gasteiger partial charge in [0.15, 0.2) is 0 Å². The maximum absolute atomic E-state index is 3.70. The Morgan fingerprint density at radius 1 is 1.29 bits per heavy atom. The first-order valence-corrected chi connectivity index (χ1v) is 6.78. The van der Waals surface area contributed by atoms with E-state index in [1.165, 1.54) is 18.5 Å². The fourth-order valence-corrected chi connectivity index (χ4v) is 2.71. The van der Waals surface area contributed by atoms with E-state index in [9.17, 15) is 0 Å². The minimum Gasteiger partial charge on any atom is -0.382 e. The molecule has 17 heavy (non-hydrogen) atoms. The second-order valence-corrected chi connectivity index (χ2v) is 5.50. The van der Waals surface area contributed by atoms with Crippen molar-refractivity contribution in [2.75, 3.05) is 18.4 Å². The Kier molecular flexibility index (Phi) is 4.43. The molecule has 0 radical (unpaired) electrons. The van der Waals surface area contributed by atoms with E-state index >= 15 is 0 Å². The average molecular weight is 232 g/mol. The van der Waals surface area contributed by atoms with E-state index < -0.39 is 0 Å². The lowest BCUT2D eigenvalue weighted by molar-refractivity contribution is 0.295. The van der Waals surface area contributed by atoms with Crippen LogP contribution in [0.5, 0.6) is 0 Å². The lowest BCUT2D eigenvalue weighted by atomic mass is 9.86. The molecule has 1 saturated heterocycles. The van der Waals surface area contributed by atoms with Crippen molar-refractivity contribution in [1.29, 1.82) is 0 Å². The normalized spacial score (nSPS) is 24.9. The van der Waals surface area contributed by atoms with Crippen molar-refractivity contribution in [2.24, 2.45) is 11.8 Å². The van der Waals surface area contributed by atoms with E-state index in [1.807, 2.05) is 0 Å². The molecule has 0 bridgehead atoms. The number of piperidine rings is 1. The molecule has 94 valence electrons. The lowest BCUT2D eigenvalue weighted by Crippen LogP contribution is -2.44. The van der Waals surface area contributed by atoms with Gasteiger partial charge in [-0.3, -0.25) is 0 Å². The smallest absolute Gasteiger partial charge is 0.0342 e. The molecule has 2 rings (SSSR count). The van der Waals surface area contributed by atoms with Crippen LogP contribution in [0.25, 0.3) is 0 Å². The molecule has 0 spiro atoms. The SMILES string of the molecule is CC(C)C[C@@H]1CNCC[C@@H]1Nc1ccccc1. The largest absolute Gasteiger partial charge is 0.382 e. The maximum Gasteiger partial charge on any atom is 0.0342 e. The highest BCUT2D eigenvalue weighted by Crippen LogP contribution is 2.23. The molecule has 2 nitrogen and oxygen atoms in total. The van der Waals surface area contributed by atoms with Crippen molar-refractivity contribution in [1.82, 2.24) is 5.32 Å². The van der Waals surface area contributed by atoms with Crippen molar-refractivity contribution < 1.29 is 0 Å². The third-order valence-corrected chi connectivity index (χ3v) is 3.51. The third kappa shape index (κ3) is 3.74. The molecule has 1 aliphatic rings. The topological polar surface area (TPSA) is 24.1 Å². The number of hydrogen-bond acceptors (Lipinski definition) is 2. The van der Waals surface area contributed by atoms with Crippen LogP contribution in [-0.2, 0) is 0 Å². The van der Waals surface area contributed by atoms with Crippen molar-refractivity contribution in [2.45, 2.75) is 32.7 Å². The number of hydrogen-bond donors (Lipinski definition) is 2. The van der Waals surface area contributed by atoms with Gasteiger partial charge in [0, 0.05) is 11.7 Å². The van der Waals surface area contributed by atoms with Gasteiger partial charge in [-0.25, -0.2) is 0 Å². The molecule has 1 heterocycles. The summed E-state index contributed by atoms with van der Waals surface area (Å²) in [6, 6.07) is 11.2. The molecule has 0 saturated carbocycles. The first-order chi connectivity index (χ1) is 8.25. The molecule has 1 aromatic carbocycles. The highest BCUT2D eigenvalue weighted by atomic mass is 15.0. The molecule has 0 aliphatic carbocycles. The zero-order valence-corrected chi connectivity index (χ0v) is 10.9. The summed E-state index contributed by atoms with van der Waals surface area (Å²) >= 11 is 0. The van der Waals surface area contributed by atoms with Gasteiger partial charge < -0.3 is 10.6 Å². The average Bonchev–Trinajstić information content (AvgIpc) is 2.32. The van der Waals surface area contributed by atoms with Gasteiger partial charge in [0.2, 0.25) is 0 Å². The van der Waals surface area contributed by atoms with E-state index in [2.05, 4.69) is 54.8 Å². The Bertz CT molecular complexity index is 321. The molecular weight excluding hydrogens is 208 g/mol. The predicted octanol–water partition coefficient (Wildman–Crippen LogP) is 3.12. The maximum atomic E-state index is 3.70. The zero-order chi connectivity index (χ0) is 12.1. The van der Waals surface area contributed by atoms with Gasteiger partial charge in [0.25, 0.3) is 0 Å². The van der Waals surface area contributed by atoms with Crippen LogP contribution in [0.3, 0.4) is 0 Å². The van der Waals surface area contributed by atoms with E-state index in [1.54, 1.807) is 0 Å². The predicted molar refractivity (Wildman–Crippen MR) is 74.3 cm³/mol. The Hall–Kier alpha value is -1.02. The number of benzene rings is 1. The molecule has 1 aromatic rings. The van der Waals surface area contributed by atoms with Crippen LogP contribution in [0.15, 0.2) is 30.3 Å². The van der Waals surface area contributed by atoms with Crippen LogP contribution in [0.4, 0.5) is 5.69 Å². The van der Waals surface area contributed by atoms with Crippen molar-refractivity contribution in [3.8, 4) is 0 Å². The molecule has 0 aromatic heterocycles. The summed E-state index contributed by atoms with van der Waals surface area (Å²) in [6.45, 7) is 6.92. The Morgan fingerprint density at radius 2 is 2.06 bits per heavy atom. The first-order valence-electron chi connectivity index (χ1n) is 6.78. The molecule has 0 unspecified atom stereocenters. The van der Waals surface area contributed by atoms with Crippen molar-refractivity contribution >= 4 is 5.69 Å². The quantitative estimate of drug-likeness (QED) is 0.833. The lowest BCUT2D eigenvalue weighted by Gasteiger charge is -2.34. The van der Waals surface area contributed by atoms with Crippen LogP contribution in [0, 0.1) is 11.8 Å². The molecule has 1 fully saturated rings. The highest BCUT2D eigenvalue weighted by Gasteiger charge is 2.25. The summed E-state index contributed by atoms with van der Waals surface area (Å²) in [4.78, 5) is 0. The molecule has 1 aliphatic heterocycles. The Balaban J connectivity index is 1.96. The van der Waals surface area contributed by atoms with Gasteiger partial charge in [-0.1, -0.05) is 32.0 Å². The molecule has 2 heteroatoms. The minimum atomic E-state index is 0.626. The Morgan fingerprint density at radius 3 is 2.76 bits per heavy atom. The number of nitrogens with one attached hydrogen (secondary N) is 2. The van der Waals surface area contributed by atoms with Gasteiger partial charge >= 0.3 is 0 Å². The van der Waals surface area contributed by atoms with E-state index in [0.29, 0.717) is 6.04 Å². The van der Waals surface area contributed by atoms with E-state index in [-0.39, 0.29) is 0 Å². The van der Waals surface area contributed by atoms with Gasteiger partial charge in [0.05, 0.1) is 0 Å². The Labute approximate surface area is 105 Å². The molecular formula is C15H24N2. The first kappa shape index (κ1) is 12.4. The minimum absolute atomic E-state index is 0.626. The molecule has 2 N–H and O–H groups in total.